The molecule has 1 N–H and O–H groups in total. The Balaban J connectivity index is 2.05. The summed E-state index contributed by atoms with van der Waals surface area (Å²) in [6.07, 6.45) is 1.99. The van der Waals surface area contributed by atoms with Crippen LogP contribution in [0.1, 0.15) is 23.7 Å². The minimum absolute atomic E-state index is 0.657. The van der Waals surface area contributed by atoms with Gasteiger partial charge < -0.3 is 10.2 Å². The molecule has 1 aromatic heterocycles. The maximum atomic E-state index is 5.50. The molecule has 6 heteroatoms. The largest absolute Gasteiger partial charge is 0.346 e. The molecule has 0 bridgehead atoms. The average Bonchev–Trinajstić information content (AvgIpc) is 2.83. The Morgan fingerprint density at radius 3 is 2.77 bits per heavy atom. The van der Waals surface area contributed by atoms with E-state index in [0.29, 0.717) is 11.7 Å². The summed E-state index contributed by atoms with van der Waals surface area (Å²) in [7, 11) is 1.97. The van der Waals surface area contributed by atoms with E-state index in [1.165, 1.54) is 11.1 Å². The van der Waals surface area contributed by atoms with Crippen LogP contribution in [0.25, 0.3) is 0 Å². The number of rotatable bonds is 4. The van der Waals surface area contributed by atoms with E-state index in [1.807, 2.05) is 22.8 Å². The van der Waals surface area contributed by atoms with Crippen LogP contribution in [0.2, 0.25) is 0 Å². The highest BCUT2D eigenvalue weighted by Gasteiger charge is 2.12. The number of thiocarbonyl (C=S) groups is 1. The normalized spacial score (nSPS) is 10.6. The summed E-state index contributed by atoms with van der Waals surface area (Å²) in [4.78, 5) is 1.99. The molecule has 1 heterocycles. The minimum Gasteiger partial charge on any atom is -0.346 e. The third kappa shape index (κ3) is 4.08. The van der Waals surface area contributed by atoms with Crippen molar-refractivity contribution in [3.05, 3.63) is 45.7 Å². The van der Waals surface area contributed by atoms with Crippen molar-refractivity contribution in [1.82, 2.24) is 14.7 Å². The topological polar surface area (TPSA) is 33.1 Å². The number of aromatic nitrogens is 2. The Kier molecular flexibility index (Phi) is 5.58. The number of nitrogens with zero attached hydrogens (tertiary/aromatic N) is 3. The van der Waals surface area contributed by atoms with Gasteiger partial charge in [0.05, 0.1) is 16.7 Å². The summed E-state index contributed by atoms with van der Waals surface area (Å²) in [5, 5.41) is 8.54. The molecule has 0 aliphatic carbocycles. The van der Waals surface area contributed by atoms with Gasteiger partial charge in [0.25, 0.3) is 0 Å². The van der Waals surface area contributed by atoms with E-state index in [2.05, 4.69) is 65.3 Å². The summed E-state index contributed by atoms with van der Waals surface area (Å²) >= 11 is 9.05. The fraction of sp³-hybridized carbons (Fsp3) is 0.375. The van der Waals surface area contributed by atoms with Crippen molar-refractivity contribution in [3.8, 4) is 0 Å². The van der Waals surface area contributed by atoms with Crippen LogP contribution in [0.3, 0.4) is 0 Å². The first-order valence-electron chi connectivity index (χ1n) is 7.22. The number of aryl methyl sites for hydroxylation is 3. The predicted octanol–water partition coefficient (Wildman–Crippen LogP) is 4.11. The smallest absolute Gasteiger partial charge is 0.173 e. The Hall–Kier alpha value is -1.40. The van der Waals surface area contributed by atoms with Gasteiger partial charge in [0.15, 0.2) is 5.11 Å². The van der Waals surface area contributed by atoms with Crippen molar-refractivity contribution in [2.75, 3.05) is 12.4 Å². The molecule has 0 amide bonds. The van der Waals surface area contributed by atoms with Crippen LogP contribution in [-0.2, 0) is 13.1 Å². The van der Waals surface area contributed by atoms with Gasteiger partial charge in [0.1, 0.15) is 0 Å². The third-order valence-corrected chi connectivity index (χ3v) is 4.56. The predicted molar refractivity (Wildman–Crippen MR) is 99.2 cm³/mol. The summed E-state index contributed by atoms with van der Waals surface area (Å²) in [5.74, 6) is 0. The van der Waals surface area contributed by atoms with Crippen molar-refractivity contribution >= 4 is 38.9 Å². The zero-order valence-electron chi connectivity index (χ0n) is 13.4. The third-order valence-electron chi connectivity index (χ3n) is 3.48. The van der Waals surface area contributed by atoms with Crippen LogP contribution in [-0.4, -0.2) is 26.8 Å². The lowest BCUT2D eigenvalue weighted by Gasteiger charge is -2.21. The quantitative estimate of drug-likeness (QED) is 0.808. The van der Waals surface area contributed by atoms with Crippen molar-refractivity contribution in [1.29, 1.82) is 0 Å². The van der Waals surface area contributed by atoms with Crippen LogP contribution in [0.5, 0.6) is 0 Å². The Bertz CT molecular complexity index is 681. The number of benzene rings is 1. The number of nitrogens with one attached hydrogen (secondary N) is 1. The van der Waals surface area contributed by atoms with Gasteiger partial charge in [-0.1, -0.05) is 12.1 Å². The standard InChI is InChI=1S/C16H21BrN4S/c1-5-21-9-13(17)15(19-21)10-20(4)16(22)18-14-8-11(2)6-7-12(14)3/h6-9H,5,10H2,1-4H3,(H,18,22). The highest BCUT2D eigenvalue weighted by atomic mass is 79.9. The molecule has 0 saturated heterocycles. The van der Waals surface area contributed by atoms with Crippen LogP contribution >= 0.6 is 28.1 Å². The second-order valence-electron chi connectivity index (χ2n) is 5.38. The lowest BCUT2D eigenvalue weighted by atomic mass is 10.1. The molecule has 4 nitrogen and oxygen atoms in total. The molecule has 0 fully saturated rings. The van der Waals surface area contributed by atoms with Crippen molar-refractivity contribution in [3.63, 3.8) is 0 Å². The van der Waals surface area contributed by atoms with Gasteiger partial charge in [-0.15, -0.1) is 0 Å². The molecule has 118 valence electrons. The monoisotopic (exact) mass is 380 g/mol. The molecule has 0 atom stereocenters. The van der Waals surface area contributed by atoms with Gasteiger partial charge in [-0.2, -0.15) is 5.10 Å². The lowest BCUT2D eigenvalue weighted by molar-refractivity contribution is 0.491. The van der Waals surface area contributed by atoms with Gasteiger partial charge in [0.2, 0.25) is 0 Å². The summed E-state index contributed by atoms with van der Waals surface area (Å²) in [6.45, 7) is 7.73. The molecule has 0 radical (unpaired) electrons. The summed E-state index contributed by atoms with van der Waals surface area (Å²) < 4.78 is 2.92. The summed E-state index contributed by atoms with van der Waals surface area (Å²) in [6, 6.07) is 6.30. The Labute approximate surface area is 145 Å². The second kappa shape index (κ2) is 7.24. The fourth-order valence-electron chi connectivity index (χ4n) is 2.08. The van der Waals surface area contributed by atoms with Gasteiger partial charge in [-0.3, -0.25) is 4.68 Å². The number of anilines is 1. The van der Waals surface area contributed by atoms with Crippen molar-refractivity contribution in [2.24, 2.45) is 0 Å². The average molecular weight is 381 g/mol. The first-order chi connectivity index (χ1) is 10.4. The SMILES string of the molecule is CCn1cc(Br)c(CN(C)C(=S)Nc2cc(C)ccc2C)n1. The van der Waals surface area contributed by atoms with Gasteiger partial charge in [-0.05, 0) is 66.1 Å². The number of hydrogen-bond acceptors (Lipinski definition) is 2. The van der Waals surface area contributed by atoms with Crippen LogP contribution in [0.15, 0.2) is 28.9 Å². The molecule has 22 heavy (non-hydrogen) atoms. The van der Waals surface area contributed by atoms with Crippen molar-refractivity contribution in [2.45, 2.75) is 33.9 Å². The Morgan fingerprint density at radius 2 is 2.14 bits per heavy atom. The fourth-order valence-corrected chi connectivity index (χ4v) is 2.70. The first kappa shape index (κ1) is 17.0. The molecular formula is C16H21BrN4S. The molecule has 0 saturated carbocycles. The highest BCUT2D eigenvalue weighted by Crippen LogP contribution is 2.19. The zero-order chi connectivity index (χ0) is 16.3. The molecule has 0 spiro atoms. The van der Waals surface area contributed by atoms with Crippen LogP contribution in [0, 0.1) is 13.8 Å². The van der Waals surface area contributed by atoms with E-state index in [1.54, 1.807) is 0 Å². The Morgan fingerprint density at radius 1 is 1.41 bits per heavy atom. The van der Waals surface area contributed by atoms with E-state index < -0.39 is 0 Å². The summed E-state index contributed by atoms with van der Waals surface area (Å²) in [5.41, 5.74) is 4.42. The molecule has 2 rings (SSSR count). The van der Waals surface area contributed by atoms with Gasteiger partial charge >= 0.3 is 0 Å². The van der Waals surface area contributed by atoms with E-state index in [0.717, 1.165) is 22.4 Å². The molecule has 0 aliphatic rings. The maximum absolute atomic E-state index is 5.50. The minimum atomic E-state index is 0.657. The second-order valence-corrected chi connectivity index (χ2v) is 6.63. The molecule has 2 aromatic rings. The zero-order valence-corrected chi connectivity index (χ0v) is 15.8. The van der Waals surface area contributed by atoms with Crippen LogP contribution in [0.4, 0.5) is 5.69 Å². The molecule has 1 aromatic carbocycles. The maximum Gasteiger partial charge on any atom is 0.173 e. The highest BCUT2D eigenvalue weighted by molar-refractivity contribution is 9.10. The van der Waals surface area contributed by atoms with Gasteiger partial charge in [-0.25, -0.2) is 0 Å². The van der Waals surface area contributed by atoms with E-state index >= 15 is 0 Å². The number of halogens is 1. The molecular weight excluding hydrogens is 360 g/mol. The van der Waals surface area contributed by atoms with E-state index in [9.17, 15) is 0 Å². The van der Waals surface area contributed by atoms with E-state index in [4.69, 9.17) is 12.2 Å². The molecule has 0 unspecified atom stereocenters. The van der Waals surface area contributed by atoms with Crippen molar-refractivity contribution < 1.29 is 0 Å². The first-order valence-corrected chi connectivity index (χ1v) is 8.42. The number of hydrogen-bond donors (Lipinski definition) is 1. The molecule has 0 aliphatic heterocycles. The van der Waals surface area contributed by atoms with Gasteiger partial charge in [0, 0.05) is 25.5 Å². The van der Waals surface area contributed by atoms with Crippen LogP contribution < -0.4 is 5.32 Å². The van der Waals surface area contributed by atoms with E-state index in [-0.39, 0.29) is 0 Å². The lowest BCUT2D eigenvalue weighted by Crippen LogP contribution is -2.31.